The topological polar surface area (TPSA) is 76.2 Å². The molecule has 0 unspecified atom stereocenters. The standard InChI is InChI=1S/C17H10N2O3/c18-11-12-5-8-17(16(9-12)19(20)21)22-15-7-6-13-3-1-2-4-14(13)10-15/h1-10H. The lowest BCUT2D eigenvalue weighted by atomic mass is 10.1. The number of nitro benzene ring substituents is 1. The van der Waals surface area contributed by atoms with Crippen molar-refractivity contribution in [1.29, 1.82) is 5.26 Å². The third-order valence-corrected chi connectivity index (χ3v) is 3.23. The number of fused-ring (bicyclic) bond motifs is 1. The van der Waals surface area contributed by atoms with Crippen LogP contribution in [0.3, 0.4) is 0 Å². The van der Waals surface area contributed by atoms with Gasteiger partial charge in [0.1, 0.15) is 5.75 Å². The van der Waals surface area contributed by atoms with E-state index in [2.05, 4.69) is 0 Å². The highest BCUT2D eigenvalue weighted by molar-refractivity contribution is 5.83. The molecule has 0 saturated carbocycles. The van der Waals surface area contributed by atoms with Crippen molar-refractivity contribution in [2.24, 2.45) is 0 Å². The number of hydrogen-bond donors (Lipinski definition) is 0. The smallest absolute Gasteiger partial charge is 0.312 e. The molecule has 5 heteroatoms. The van der Waals surface area contributed by atoms with Crippen molar-refractivity contribution >= 4 is 16.5 Å². The molecule has 3 aromatic rings. The second-order valence-electron chi connectivity index (χ2n) is 4.66. The molecule has 5 nitrogen and oxygen atoms in total. The lowest BCUT2D eigenvalue weighted by Gasteiger charge is -2.07. The quantitative estimate of drug-likeness (QED) is 0.528. The van der Waals surface area contributed by atoms with Crippen LogP contribution >= 0.6 is 0 Å². The number of hydrogen-bond acceptors (Lipinski definition) is 4. The molecule has 0 heterocycles. The average Bonchev–Trinajstić information content (AvgIpc) is 2.55. The molecular weight excluding hydrogens is 280 g/mol. The maximum atomic E-state index is 11.1. The fraction of sp³-hybridized carbons (Fsp3) is 0. The Balaban J connectivity index is 2.01. The number of nitriles is 1. The lowest BCUT2D eigenvalue weighted by Crippen LogP contribution is -1.94. The molecule has 0 aliphatic heterocycles. The Morgan fingerprint density at radius 1 is 1.00 bits per heavy atom. The molecule has 0 atom stereocenters. The minimum Gasteiger partial charge on any atom is -0.450 e. The van der Waals surface area contributed by atoms with Crippen LogP contribution in [0.25, 0.3) is 10.8 Å². The second-order valence-corrected chi connectivity index (χ2v) is 4.66. The Labute approximate surface area is 126 Å². The molecule has 0 fully saturated rings. The Morgan fingerprint density at radius 2 is 1.77 bits per heavy atom. The van der Waals surface area contributed by atoms with Crippen LogP contribution in [0.15, 0.2) is 60.7 Å². The molecule has 0 aliphatic rings. The van der Waals surface area contributed by atoms with Gasteiger partial charge in [-0.25, -0.2) is 0 Å². The summed E-state index contributed by atoms with van der Waals surface area (Å²) in [6, 6.07) is 19.2. The molecule has 0 radical (unpaired) electrons. The van der Waals surface area contributed by atoms with Gasteiger partial charge in [0.05, 0.1) is 16.6 Å². The largest absolute Gasteiger partial charge is 0.450 e. The van der Waals surface area contributed by atoms with Crippen LogP contribution in [0, 0.1) is 21.4 Å². The monoisotopic (exact) mass is 290 g/mol. The van der Waals surface area contributed by atoms with Crippen molar-refractivity contribution in [1.82, 2.24) is 0 Å². The molecule has 0 saturated heterocycles. The van der Waals surface area contributed by atoms with E-state index in [9.17, 15) is 10.1 Å². The van der Waals surface area contributed by atoms with Crippen LogP contribution in [0.5, 0.6) is 11.5 Å². The van der Waals surface area contributed by atoms with Gasteiger partial charge in [-0.3, -0.25) is 10.1 Å². The molecule has 3 rings (SSSR count). The number of rotatable bonds is 3. The summed E-state index contributed by atoms with van der Waals surface area (Å²) in [7, 11) is 0. The number of benzene rings is 3. The highest BCUT2D eigenvalue weighted by Gasteiger charge is 2.17. The van der Waals surface area contributed by atoms with Gasteiger partial charge >= 0.3 is 5.69 Å². The normalized spacial score (nSPS) is 10.1. The van der Waals surface area contributed by atoms with Crippen molar-refractivity contribution in [3.63, 3.8) is 0 Å². The van der Waals surface area contributed by atoms with E-state index in [0.717, 1.165) is 10.8 Å². The molecule has 22 heavy (non-hydrogen) atoms. The van der Waals surface area contributed by atoms with E-state index in [1.807, 2.05) is 42.5 Å². The van der Waals surface area contributed by atoms with Gasteiger partial charge in [-0.05, 0) is 35.0 Å². The summed E-state index contributed by atoms with van der Waals surface area (Å²) in [5, 5.41) is 22.0. The van der Waals surface area contributed by atoms with E-state index in [1.165, 1.54) is 18.2 Å². The van der Waals surface area contributed by atoms with Gasteiger partial charge in [0, 0.05) is 6.07 Å². The van der Waals surface area contributed by atoms with Crippen molar-refractivity contribution < 1.29 is 9.66 Å². The maximum absolute atomic E-state index is 11.1. The van der Waals surface area contributed by atoms with Crippen LogP contribution in [0.2, 0.25) is 0 Å². The molecule has 0 aromatic heterocycles. The fourth-order valence-electron chi connectivity index (χ4n) is 2.17. The first-order valence-corrected chi connectivity index (χ1v) is 6.52. The van der Waals surface area contributed by atoms with Gasteiger partial charge in [-0.15, -0.1) is 0 Å². The highest BCUT2D eigenvalue weighted by Crippen LogP contribution is 2.33. The average molecular weight is 290 g/mol. The summed E-state index contributed by atoms with van der Waals surface area (Å²) < 4.78 is 5.63. The van der Waals surface area contributed by atoms with Crippen molar-refractivity contribution in [3.05, 3.63) is 76.3 Å². The number of ether oxygens (including phenoxy) is 1. The first-order chi connectivity index (χ1) is 10.7. The first-order valence-electron chi connectivity index (χ1n) is 6.52. The van der Waals surface area contributed by atoms with E-state index in [4.69, 9.17) is 10.00 Å². The molecule has 0 amide bonds. The lowest BCUT2D eigenvalue weighted by molar-refractivity contribution is -0.385. The predicted molar refractivity (Wildman–Crippen MR) is 81.8 cm³/mol. The van der Waals surface area contributed by atoms with Gasteiger partial charge in [0.25, 0.3) is 0 Å². The summed E-state index contributed by atoms with van der Waals surface area (Å²) in [6.45, 7) is 0. The summed E-state index contributed by atoms with van der Waals surface area (Å²) in [5.74, 6) is 0.616. The third-order valence-electron chi connectivity index (χ3n) is 3.23. The molecule has 0 N–H and O–H groups in total. The van der Waals surface area contributed by atoms with Gasteiger partial charge in [-0.1, -0.05) is 30.3 Å². The Morgan fingerprint density at radius 3 is 2.50 bits per heavy atom. The van der Waals surface area contributed by atoms with Crippen molar-refractivity contribution in [2.75, 3.05) is 0 Å². The Hall–Kier alpha value is -3.39. The van der Waals surface area contributed by atoms with E-state index >= 15 is 0 Å². The molecule has 106 valence electrons. The van der Waals surface area contributed by atoms with Crippen molar-refractivity contribution in [2.45, 2.75) is 0 Å². The van der Waals surface area contributed by atoms with Gasteiger partial charge in [-0.2, -0.15) is 5.26 Å². The third kappa shape index (κ3) is 2.58. The number of nitrogens with zero attached hydrogens (tertiary/aromatic N) is 2. The van der Waals surface area contributed by atoms with Gasteiger partial charge in [0.2, 0.25) is 5.75 Å². The van der Waals surface area contributed by atoms with Gasteiger partial charge in [0.15, 0.2) is 0 Å². The summed E-state index contributed by atoms with van der Waals surface area (Å²) in [5.41, 5.74) is -0.00947. The zero-order valence-corrected chi connectivity index (χ0v) is 11.4. The second kappa shape index (κ2) is 5.54. The van der Waals surface area contributed by atoms with Crippen LogP contribution in [0.4, 0.5) is 5.69 Å². The molecule has 0 aliphatic carbocycles. The maximum Gasteiger partial charge on any atom is 0.312 e. The fourth-order valence-corrected chi connectivity index (χ4v) is 2.17. The summed E-state index contributed by atoms with van der Waals surface area (Å²) in [4.78, 5) is 10.6. The van der Waals surface area contributed by atoms with Crippen LogP contribution in [-0.2, 0) is 0 Å². The summed E-state index contributed by atoms with van der Waals surface area (Å²) >= 11 is 0. The molecular formula is C17H10N2O3. The molecule has 0 spiro atoms. The van der Waals surface area contributed by atoms with E-state index in [0.29, 0.717) is 5.75 Å². The first kappa shape index (κ1) is 13.6. The summed E-state index contributed by atoms with van der Waals surface area (Å²) in [6.07, 6.45) is 0. The van der Waals surface area contributed by atoms with Gasteiger partial charge < -0.3 is 4.74 Å². The molecule has 3 aromatic carbocycles. The SMILES string of the molecule is N#Cc1ccc(Oc2ccc3ccccc3c2)c([N+](=O)[O-])c1. The highest BCUT2D eigenvalue weighted by atomic mass is 16.6. The molecule has 0 bridgehead atoms. The number of nitro groups is 1. The Bertz CT molecular complexity index is 913. The minimum atomic E-state index is -0.558. The van der Waals surface area contributed by atoms with Crippen molar-refractivity contribution in [3.8, 4) is 17.6 Å². The van der Waals surface area contributed by atoms with E-state index in [-0.39, 0.29) is 17.0 Å². The van der Waals surface area contributed by atoms with Crippen LogP contribution in [-0.4, -0.2) is 4.92 Å². The van der Waals surface area contributed by atoms with E-state index in [1.54, 1.807) is 6.07 Å². The van der Waals surface area contributed by atoms with Crippen LogP contribution < -0.4 is 4.74 Å². The van der Waals surface area contributed by atoms with E-state index < -0.39 is 4.92 Å². The zero-order valence-electron chi connectivity index (χ0n) is 11.4. The minimum absolute atomic E-state index is 0.110. The zero-order chi connectivity index (χ0) is 15.5. The Kier molecular flexibility index (Phi) is 3.42. The predicted octanol–water partition coefficient (Wildman–Crippen LogP) is 4.41. The van der Waals surface area contributed by atoms with Crippen LogP contribution in [0.1, 0.15) is 5.56 Å².